The van der Waals surface area contributed by atoms with Gasteiger partial charge in [-0.05, 0) is 66.9 Å². The molecule has 0 amide bonds. The van der Waals surface area contributed by atoms with E-state index in [2.05, 4.69) is 0 Å². The predicted octanol–water partition coefficient (Wildman–Crippen LogP) is 5.73. The van der Waals surface area contributed by atoms with E-state index in [0.29, 0.717) is 16.9 Å². The molecule has 0 N–H and O–H groups in total. The van der Waals surface area contributed by atoms with Gasteiger partial charge in [-0.15, -0.1) is 0 Å². The number of rotatable bonds is 4. The largest absolute Gasteiger partial charge is 0.423 e. The van der Waals surface area contributed by atoms with Crippen LogP contribution >= 0.6 is 0 Å². The fraction of sp³-hybridized carbons (Fsp3) is 0.0833. The van der Waals surface area contributed by atoms with Crippen LogP contribution in [0.15, 0.2) is 66.7 Å². The van der Waals surface area contributed by atoms with E-state index < -0.39 is 11.8 Å². The first-order valence-electron chi connectivity index (χ1n) is 8.74. The normalized spacial score (nSPS) is 11.0. The number of carbonyl (C=O) groups excluding carboxylic acids is 1. The van der Waals surface area contributed by atoms with Gasteiger partial charge < -0.3 is 4.74 Å². The summed E-state index contributed by atoms with van der Waals surface area (Å²) in [6.07, 6.45) is 1.59. The van der Waals surface area contributed by atoms with Crippen LogP contribution in [0, 0.1) is 31.0 Å². The van der Waals surface area contributed by atoms with E-state index in [1.165, 1.54) is 6.07 Å². The summed E-state index contributed by atoms with van der Waals surface area (Å²) in [7, 11) is 0. The molecule has 28 heavy (non-hydrogen) atoms. The van der Waals surface area contributed by atoms with Crippen molar-refractivity contribution in [1.29, 1.82) is 5.26 Å². The molecule has 3 rings (SSSR count). The second-order valence-electron chi connectivity index (χ2n) is 6.41. The molecule has 3 aromatic rings. The third kappa shape index (κ3) is 4.33. The standard InChI is InChI=1S/C24H18FNO2/c1-16-7-10-19(13-17(16)2)24(27)28-21-11-8-18(9-12-21)14-20(15-26)22-5-3-4-6-23(22)25/h3-14H,1-2H3/b20-14-. The molecular formula is C24H18FNO2. The average molecular weight is 371 g/mol. The highest BCUT2D eigenvalue weighted by molar-refractivity contribution is 5.92. The second-order valence-corrected chi connectivity index (χ2v) is 6.41. The van der Waals surface area contributed by atoms with Crippen LogP contribution in [0.2, 0.25) is 0 Å². The fourth-order valence-electron chi connectivity index (χ4n) is 2.68. The van der Waals surface area contributed by atoms with Gasteiger partial charge in [-0.25, -0.2) is 9.18 Å². The maximum Gasteiger partial charge on any atom is 0.343 e. The zero-order valence-corrected chi connectivity index (χ0v) is 15.6. The number of allylic oxidation sites excluding steroid dienone is 1. The van der Waals surface area contributed by atoms with Crippen molar-refractivity contribution in [3.8, 4) is 11.8 Å². The number of carbonyl (C=O) groups is 1. The van der Waals surface area contributed by atoms with E-state index in [-0.39, 0.29) is 11.1 Å². The van der Waals surface area contributed by atoms with Crippen LogP contribution in [0.25, 0.3) is 11.6 Å². The maximum atomic E-state index is 13.9. The van der Waals surface area contributed by atoms with E-state index in [9.17, 15) is 14.4 Å². The SMILES string of the molecule is Cc1ccc(C(=O)Oc2ccc(/C=C(/C#N)c3ccccc3F)cc2)cc1C. The number of aryl methyl sites for hydroxylation is 2. The summed E-state index contributed by atoms with van der Waals surface area (Å²) in [5.74, 6) is -0.491. The molecule has 0 radical (unpaired) electrons. The Morgan fingerprint density at radius 3 is 2.36 bits per heavy atom. The lowest BCUT2D eigenvalue weighted by Crippen LogP contribution is -2.08. The van der Waals surface area contributed by atoms with Crippen molar-refractivity contribution in [1.82, 2.24) is 0 Å². The quantitative estimate of drug-likeness (QED) is 0.255. The Morgan fingerprint density at radius 2 is 1.71 bits per heavy atom. The highest BCUT2D eigenvalue weighted by Gasteiger charge is 2.10. The van der Waals surface area contributed by atoms with E-state index in [0.717, 1.165) is 11.1 Å². The molecule has 0 fully saturated rings. The van der Waals surface area contributed by atoms with Crippen LogP contribution in [0.5, 0.6) is 5.75 Å². The lowest BCUT2D eigenvalue weighted by Gasteiger charge is -2.07. The minimum Gasteiger partial charge on any atom is -0.423 e. The van der Waals surface area contributed by atoms with Crippen molar-refractivity contribution < 1.29 is 13.9 Å². The molecule has 0 aliphatic carbocycles. The summed E-state index contributed by atoms with van der Waals surface area (Å²) in [6, 6.07) is 20.3. The molecule has 0 saturated carbocycles. The number of halogens is 1. The molecule has 0 saturated heterocycles. The number of ether oxygens (including phenoxy) is 1. The van der Waals surface area contributed by atoms with Gasteiger partial charge in [0.15, 0.2) is 0 Å². The first kappa shape index (κ1) is 19.1. The minimum atomic E-state index is -0.450. The van der Waals surface area contributed by atoms with Crippen LogP contribution in [0.4, 0.5) is 4.39 Å². The Labute approximate surface area is 163 Å². The monoisotopic (exact) mass is 371 g/mol. The van der Waals surface area contributed by atoms with Crippen LogP contribution in [-0.4, -0.2) is 5.97 Å². The minimum absolute atomic E-state index is 0.220. The molecule has 0 bridgehead atoms. The van der Waals surface area contributed by atoms with Gasteiger partial charge in [0.2, 0.25) is 0 Å². The lowest BCUT2D eigenvalue weighted by atomic mass is 10.0. The van der Waals surface area contributed by atoms with Gasteiger partial charge in [-0.1, -0.05) is 36.4 Å². The number of nitriles is 1. The number of hydrogen-bond acceptors (Lipinski definition) is 3. The van der Waals surface area contributed by atoms with Crippen molar-refractivity contribution in [2.24, 2.45) is 0 Å². The van der Waals surface area contributed by atoms with Gasteiger partial charge in [-0.2, -0.15) is 5.26 Å². The fourth-order valence-corrected chi connectivity index (χ4v) is 2.68. The van der Waals surface area contributed by atoms with Gasteiger partial charge in [-0.3, -0.25) is 0 Å². The Balaban J connectivity index is 1.78. The molecule has 0 unspecified atom stereocenters. The van der Waals surface area contributed by atoms with Crippen molar-refractivity contribution in [3.63, 3.8) is 0 Å². The molecule has 0 aliphatic rings. The van der Waals surface area contributed by atoms with Crippen molar-refractivity contribution in [3.05, 3.63) is 100 Å². The van der Waals surface area contributed by atoms with Gasteiger partial charge in [0.25, 0.3) is 0 Å². The zero-order chi connectivity index (χ0) is 20.1. The number of benzene rings is 3. The molecule has 4 heteroatoms. The summed E-state index contributed by atoms with van der Waals surface area (Å²) in [5.41, 5.74) is 3.78. The average Bonchev–Trinajstić information content (AvgIpc) is 2.70. The van der Waals surface area contributed by atoms with Crippen molar-refractivity contribution in [2.75, 3.05) is 0 Å². The number of nitrogens with zero attached hydrogens (tertiary/aromatic N) is 1. The predicted molar refractivity (Wildman–Crippen MR) is 107 cm³/mol. The first-order chi connectivity index (χ1) is 13.5. The molecule has 0 heterocycles. The summed E-state index contributed by atoms with van der Waals surface area (Å²) in [5, 5.41) is 9.35. The zero-order valence-electron chi connectivity index (χ0n) is 15.6. The van der Waals surface area contributed by atoms with Crippen LogP contribution < -0.4 is 4.74 Å². The van der Waals surface area contributed by atoms with Crippen molar-refractivity contribution >= 4 is 17.6 Å². The molecule has 0 aliphatic heterocycles. The smallest absolute Gasteiger partial charge is 0.343 e. The third-order valence-corrected chi connectivity index (χ3v) is 4.43. The van der Waals surface area contributed by atoms with Gasteiger partial charge in [0.05, 0.1) is 17.2 Å². The van der Waals surface area contributed by atoms with E-state index in [4.69, 9.17) is 4.74 Å². The van der Waals surface area contributed by atoms with Crippen molar-refractivity contribution in [2.45, 2.75) is 13.8 Å². The van der Waals surface area contributed by atoms with E-state index in [1.807, 2.05) is 26.0 Å². The summed E-state index contributed by atoms with van der Waals surface area (Å²) in [4.78, 5) is 12.3. The molecule has 0 aromatic heterocycles. The molecule has 3 nitrogen and oxygen atoms in total. The van der Waals surface area contributed by atoms with Gasteiger partial charge >= 0.3 is 5.97 Å². The molecule has 0 atom stereocenters. The number of hydrogen-bond donors (Lipinski definition) is 0. The summed E-state index contributed by atoms with van der Waals surface area (Å²) in [6.45, 7) is 3.92. The van der Waals surface area contributed by atoms with Crippen LogP contribution in [0.3, 0.4) is 0 Å². The molecular weight excluding hydrogens is 353 g/mol. The molecule has 0 spiro atoms. The number of esters is 1. The maximum absolute atomic E-state index is 13.9. The summed E-state index contributed by atoms with van der Waals surface area (Å²) >= 11 is 0. The van der Waals surface area contributed by atoms with Gasteiger partial charge in [0.1, 0.15) is 11.6 Å². The summed E-state index contributed by atoms with van der Waals surface area (Å²) < 4.78 is 19.3. The highest BCUT2D eigenvalue weighted by atomic mass is 19.1. The van der Waals surface area contributed by atoms with Gasteiger partial charge in [0, 0.05) is 5.56 Å². The molecule has 138 valence electrons. The highest BCUT2D eigenvalue weighted by Crippen LogP contribution is 2.22. The second kappa shape index (κ2) is 8.32. The first-order valence-corrected chi connectivity index (χ1v) is 8.74. The Hall–Kier alpha value is -3.71. The molecule has 3 aromatic carbocycles. The lowest BCUT2D eigenvalue weighted by molar-refractivity contribution is 0.0734. The third-order valence-electron chi connectivity index (χ3n) is 4.43. The Morgan fingerprint density at radius 1 is 1.00 bits per heavy atom. The van der Waals surface area contributed by atoms with Crippen LogP contribution in [0.1, 0.15) is 32.6 Å². The Bertz CT molecular complexity index is 1090. The van der Waals surface area contributed by atoms with E-state index >= 15 is 0 Å². The van der Waals surface area contributed by atoms with Crippen LogP contribution in [-0.2, 0) is 0 Å². The van der Waals surface area contributed by atoms with E-state index in [1.54, 1.807) is 60.7 Å². The Kier molecular flexibility index (Phi) is 5.67. The topological polar surface area (TPSA) is 50.1 Å².